The first kappa shape index (κ1) is 20.6. The number of benzene rings is 2. The number of nitrogens with zero attached hydrogens (tertiary/aromatic N) is 2. The highest BCUT2D eigenvalue weighted by Gasteiger charge is 2.29. The minimum Gasteiger partial charge on any atom is -0.342 e. The molecule has 30 heavy (non-hydrogen) atoms. The van der Waals surface area contributed by atoms with E-state index >= 15 is 0 Å². The van der Waals surface area contributed by atoms with E-state index in [9.17, 15) is 4.79 Å². The lowest BCUT2D eigenvalue weighted by molar-refractivity contribution is -0.121. The van der Waals surface area contributed by atoms with Gasteiger partial charge in [0.1, 0.15) is 5.82 Å². The molecule has 4 rings (SSSR count). The summed E-state index contributed by atoms with van der Waals surface area (Å²) in [5, 5.41) is 3.15. The Bertz CT molecular complexity index is 1020. The number of H-pyrrole nitrogens is 1. The second kappa shape index (κ2) is 8.23. The molecule has 2 aromatic carbocycles. The first-order chi connectivity index (χ1) is 14.3. The molecule has 158 valence electrons. The average molecular weight is 405 g/mol. The molecule has 1 aliphatic rings. The van der Waals surface area contributed by atoms with E-state index in [4.69, 9.17) is 4.98 Å². The third-order valence-corrected chi connectivity index (χ3v) is 6.69. The summed E-state index contributed by atoms with van der Waals surface area (Å²) in [4.78, 5) is 23.6. The van der Waals surface area contributed by atoms with Crippen molar-refractivity contribution >= 4 is 22.6 Å². The first-order valence-corrected chi connectivity index (χ1v) is 10.9. The van der Waals surface area contributed by atoms with Crippen LogP contribution in [0, 0.1) is 27.7 Å². The van der Waals surface area contributed by atoms with Crippen molar-refractivity contribution in [3.05, 3.63) is 58.4 Å². The maximum Gasteiger partial charge on any atom is 0.241 e. The maximum absolute atomic E-state index is 12.9. The summed E-state index contributed by atoms with van der Waals surface area (Å²) in [6.07, 6.45) is 2.03. The Balaban J connectivity index is 1.39. The van der Waals surface area contributed by atoms with Crippen LogP contribution < -0.4 is 5.32 Å². The number of carbonyl (C=O) groups is 1. The summed E-state index contributed by atoms with van der Waals surface area (Å²) in [6.45, 7) is 12.2. The molecule has 1 saturated heterocycles. The van der Waals surface area contributed by atoms with E-state index in [0.29, 0.717) is 5.92 Å². The fourth-order valence-electron chi connectivity index (χ4n) is 4.45. The van der Waals surface area contributed by atoms with Crippen LogP contribution in [0.4, 0.5) is 5.69 Å². The summed E-state index contributed by atoms with van der Waals surface area (Å²) in [5.74, 6) is 1.57. The molecule has 0 saturated carbocycles. The molecule has 0 aliphatic carbocycles. The number of hydrogen-bond donors (Lipinski definition) is 2. The van der Waals surface area contributed by atoms with Gasteiger partial charge in [-0.05, 0) is 94.9 Å². The molecule has 3 aromatic rings. The van der Waals surface area contributed by atoms with Gasteiger partial charge in [0.15, 0.2) is 0 Å². The van der Waals surface area contributed by atoms with Crippen molar-refractivity contribution in [3.63, 3.8) is 0 Å². The number of carbonyl (C=O) groups excluding carboxylic acids is 1. The van der Waals surface area contributed by atoms with Crippen LogP contribution in [0.5, 0.6) is 0 Å². The Morgan fingerprint density at radius 1 is 1.07 bits per heavy atom. The SMILES string of the molecule is Cc1cc2nc(C3CCN(C(C)C(=O)Nc4c(C)cccc4C)CC3)[nH]c2cc1C. The van der Waals surface area contributed by atoms with Gasteiger partial charge in [-0.3, -0.25) is 9.69 Å². The van der Waals surface area contributed by atoms with Crippen molar-refractivity contribution in [2.24, 2.45) is 0 Å². The van der Waals surface area contributed by atoms with Crippen LogP contribution >= 0.6 is 0 Å². The molecule has 5 heteroatoms. The van der Waals surface area contributed by atoms with Crippen molar-refractivity contribution in [2.75, 3.05) is 18.4 Å². The average Bonchev–Trinajstić information content (AvgIpc) is 3.13. The Morgan fingerprint density at radius 2 is 1.70 bits per heavy atom. The Hall–Kier alpha value is -2.66. The minimum atomic E-state index is -0.147. The highest BCUT2D eigenvalue weighted by atomic mass is 16.2. The summed E-state index contributed by atoms with van der Waals surface area (Å²) in [7, 11) is 0. The Kier molecular flexibility index (Phi) is 5.65. The van der Waals surface area contributed by atoms with Gasteiger partial charge >= 0.3 is 0 Å². The zero-order chi connectivity index (χ0) is 21.4. The molecular weight excluding hydrogens is 372 g/mol. The normalized spacial score (nSPS) is 16.7. The molecule has 5 nitrogen and oxygen atoms in total. The fourth-order valence-corrected chi connectivity index (χ4v) is 4.45. The fraction of sp³-hybridized carbons (Fsp3) is 0.440. The summed E-state index contributed by atoms with van der Waals surface area (Å²) in [5.41, 5.74) is 7.88. The van der Waals surface area contributed by atoms with Crippen molar-refractivity contribution < 1.29 is 4.79 Å². The predicted octanol–water partition coefficient (Wildman–Crippen LogP) is 5.00. The van der Waals surface area contributed by atoms with Gasteiger partial charge in [-0.25, -0.2) is 4.98 Å². The van der Waals surface area contributed by atoms with Crippen LogP contribution in [0.3, 0.4) is 0 Å². The van der Waals surface area contributed by atoms with E-state index < -0.39 is 0 Å². The van der Waals surface area contributed by atoms with Crippen molar-refractivity contribution in [2.45, 2.75) is 59.4 Å². The number of anilines is 1. The number of amides is 1. The van der Waals surface area contributed by atoms with Crippen molar-refractivity contribution in [1.29, 1.82) is 0 Å². The largest absolute Gasteiger partial charge is 0.342 e. The Morgan fingerprint density at radius 3 is 2.37 bits per heavy atom. The summed E-state index contributed by atoms with van der Waals surface area (Å²) >= 11 is 0. The number of aromatic nitrogens is 2. The molecule has 1 atom stereocenters. The molecule has 1 aromatic heterocycles. The van der Waals surface area contributed by atoms with Crippen molar-refractivity contribution in [1.82, 2.24) is 14.9 Å². The standard InChI is InChI=1S/C25H32N4O/c1-15-7-6-8-16(2)23(15)28-25(30)19(5)29-11-9-20(10-12-29)24-26-21-13-17(3)18(4)14-22(21)27-24/h6-8,13-14,19-20H,9-12H2,1-5H3,(H,26,27)(H,28,30). The van der Waals surface area contributed by atoms with Gasteiger partial charge in [0.25, 0.3) is 0 Å². The summed E-state index contributed by atoms with van der Waals surface area (Å²) < 4.78 is 0. The number of piperidine rings is 1. The van der Waals surface area contributed by atoms with Gasteiger partial charge in [0.2, 0.25) is 5.91 Å². The van der Waals surface area contributed by atoms with Gasteiger partial charge < -0.3 is 10.3 Å². The molecule has 1 aliphatic heterocycles. The number of para-hydroxylation sites is 1. The smallest absolute Gasteiger partial charge is 0.241 e. The Labute approximate surface area is 178 Å². The third-order valence-electron chi connectivity index (χ3n) is 6.69. The first-order valence-electron chi connectivity index (χ1n) is 10.9. The molecule has 0 radical (unpaired) electrons. The lowest BCUT2D eigenvalue weighted by atomic mass is 9.95. The monoisotopic (exact) mass is 404 g/mol. The van der Waals surface area contributed by atoms with Crippen molar-refractivity contribution in [3.8, 4) is 0 Å². The van der Waals surface area contributed by atoms with Crippen LogP contribution in [-0.2, 0) is 4.79 Å². The topological polar surface area (TPSA) is 61.0 Å². The van der Waals surface area contributed by atoms with E-state index in [1.54, 1.807) is 0 Å². The lowest BCUT2D eigenvalue weighted by Gasteiger charge is -2.34. The lowest BCUT2D eigenvalue weighted by Crippen LogP contribution is -2.46. The molecular formula is C25H32N4O. The number of likely N-dealkylation sites (tertiary alicyclic amines) is 1. The van der Waals surface area contributed by atoms with E-state index in [-0.39, 0.29) is 11.9 Å². The van der Waals surface area contributed by atoms with Crippen LogP contribution in [0.1, 0.15) is 53.8 Å². The predicted molar refractivity (Wildman–Crippen MR) is 123 cm³/mol. The van der Waals surface area contributed by atoms with Gasteiger partial charge in [-0.1, -0.05) is 18.2 Å². The molecule has 1 unspecified atom stereocenters. The molecule has 0 bridgehead atoms. The molecule has 1 amide bonds. The van der Waals surface area contributed by atoms with Crippen LogP contribution in [0.2, 0.25) is 0 Å². The number of aryl methyl sites for hydroxylation is 4. The van der Waals surface area contributed by atoms with Gasteiger partial charge in [0.05, 0.1) is 17.1 Å². The third kappa shape index (κ3) is 3.99. The molecule has 1 fully saturated rings. The highest BCUT2D eigenvalue weighted by Crippen LogP contribution is 2.29. The highest BCUT2D eigenvalue weighted by molar-refractivity contribution is 5.95. The van der Waals surface area contributed by atoms with Gasteiger partial charge in [0, 0.05) is 11.6 Å². The second-order valence-corrected chi connectivity index (χ2v) is 8.82. The summed E-state index contributed by atoms with van der Waals surface area (Å²) in [6, 6.07) is 10.3. The van der Waals surface area contributed by atoms with E-state index in [1.807, 2.05) is 39.0 Å². The number of rotatable bonds is 4. The number of fused-ring (bicyclic) bond motifs is 1. The minimum absolute atomic E-state index is 0.0699. The molecule has 0 spiro atoms. The van der Waals surface area contributed by atoms with E-state index in [0.717, 1.165) is 59.6 Å². The number of aromatic amines is 1. The zero-order valence-corrected chi connectivity index (χ0v) is 18.7. The number of imidazole rings is 1. The van der Waals surface area contributed by atoms with E-state index in [1.165, 1.54) is 11.1 Å². The zero-order valence-electron chi connectivity index (χ0n) is 18.7. The van der Waals surface area contributed by atoms with Crippen LogP contribution in [0.25, 0.3) is 11.0 Å². The second-order valence-electron chi connectivity index (χ2n) is 8.82. The van der Waals surface area contributed by atoms with E-state index in [2.05, 4.69) is 41.2 Å². The van der Waals surface area contributed by atoms with Crippen LogP contribution in [0.15, 0.2) is 30.3 Å². The van der Waals surface area contributed by atoms with Gasteiger partial charge in [-0.2, -0.15) is 0 Å². The number of nitrogens with one attached hydrogen (secondary N) is 2. The molecule has 2 heterocycles. The quantitative estimate of drug-likeness (QED) is 0.643. The number of hydrogen-bond acceptors (Lipinski definition) is 3. The molecule has 2 N–H and O–H groups in total. The van der Waals surface area contributed by atoms with Crippen LogP contribution in [-0.4, -0.2) is 39.9 Å². The maximum atomic E-state index is 12.9. The van der Waals surface area contributed by atoms with Gasteiger partial charge in [-0.15, -0.1) is 0 Å².